The van der Waals surface area contributed by atoms with Gasteiger partial charge in [0.15, 0.2) is 6.19 Å². The van der Waals surface area contributed by atoms with Crippen LogP contribution in [0.1, 0.15) is 36.7 Å². The quantitative estimate of drug-likeness (QED) is 0.234. The highest BCUT2D eigenvalue weighted by atomic mass is 32.2. The number of nitriles is 1. The number of halogens is 3. The zero-order chi connectivity index (χ0) is 28.2. The molecule has 0 radical (unpaired) electrons. The van der Waals surface area contributed by atoms with Crippen LogP contribution in [0, 0.1) is 11.5 Å². The van der Waals surface area contributed by atoms with Crippen LogP contribution in [0.15, 0.2) is 82.5 Å². The van der Waals surface area contributed by atoms with Crippen molar-refractivity contribution >= 4 is 10.0 Å². The normalized spacial score (nSPS) is 11.8. The molecule has 202 valence electrons. The second-order valence-corrected chi connectivity index (χ2v) is 10.4. The van der Waals surface area contributed by atoms with Gasteiger partial charge in [0.2, 0.25) is 0 Å². The lowest BCUT2D eigenvalue weighted by Crippen LogP contribution is -2.26. The third-order valence-electron chi connectivity index (χ3n) is 6.09. The minimum Gasteiger partial charge on any atom is -0.274 e. The molecule has 1 N–H and O–H groups in total. The van der Waals surface area contributed by atoms with E-state index in [1.54, 1.807) is 42.5 Å². The molecule has 0 spiro atoms. The first-order chi connectivity index (χ1) is 18.6. The fraction of sp³-hybridized carbons (Fsp3) is 0.222. The van der Waals surface area contributed by atoms with Crippen LogP contribution in [0.4, 0.5) is 13.2 Å². The Morgan fingerprint density at radius 1 is 1.00 bits per heavy atom. The van der Waals surface area contributed by atoms with Gasteiger partial charge in [0.25, 0.3) is 10.0 Å². The Morgan fingerprint density at radius 3 is 2.33 bits per heavy atom. The third kappa shape index (κ3) is 5.88. The standard InChI is InChI=1S/C27H24F3N5O3S/c1-2-3-12-25-33-35(23-10-6-5-9-22(23)27(28,29)30)26(36)34(25)17-19-13-15-20(16-14-19)21-8-4-7-11-24(21)39(37,38)32-18-31/h4-11,13-16,32H,2-3,12,17H2,1H3. The second-order valence-electron chi connectivity index (χ2n) is 8.73. The minimum atomic E-state index is -4.66. The smallest absolute Gasteiger partial charge is 0.274 e. The van der Waals surface area contributed by atoms with Gasteiger partial charge in [-0.3, -0.25) is 4.57 Å². The molecule has 0 aliphatic rings. The molecule has 0 saturated carbocycles. The van der Waals surface area contributed by atoms with Crippen molar-refractivity contribution in [2.45, 2.75) is 43.8 Å². The average Bonchev–Trinajstić information content (AvgIpc) is 3.22. The number of aryl methyl sites for hydroxylation is 1. The van der Waals surface area contributed by atoms with Crippen molar-refractivity contribution in [2.24, 2.45) is 0 Å². The Morgan fingerprint density at radius 2 is 1.67 bits per heavy atom. The lowest BCUT2D eigenvalue weighted by atomic mass is 10.0. The summed E-state index contributed by atoms with van der Waals surface area (Å²) in [6, 6.07) is 17.8. The fourth-order valence-electron chi connectivity index (χ4n) is 4.20. The molecule has 0 amide bonds. The van der Waals surface area contributed by atoms with E-state index in [4.69, 9.17) is 5.26 Å². The number of para-hydroxylation sites is 1. The van der Waals surface area contributed by atoms with E-state index in [9.17, 15) is 26.4 Å². The molecule has 3 aromatic carbocycles. The highest BCUT2D eigenvalue weighted by molar-refractivity contribution is 7.89. The number of alkyl halides is 3. The van der Waals surface area contributed by atoms with Crippen molar-refractivity contribution < 1.29 is 21.6 Å². The number of hydrogen-bond acceptors (Lipinski definition) is 5. The van der Waals surface area contributed by atoms with Gasteiger partial charge < -0.3 is 0 Å². The van der Waals surface area contributed by atoms with E-state index >= 15 is 0 Å². The monoisotopic (exact) mass is 555 g/mol. The molecule has 1 heterocycles. The SMILES string of the molecule is CCCCc1nn(-c2ccccc2C(F)(F)F)c(=O)n1Cc1ccc(-c2ccccc2S(=O)(=O)NC#N)cc1. The van der Waals surface area contributed by atoms with Crippen LogP contribution in [0.2, 0.25) is 0 Å². The maximum atomic E-state index is 13.6. The van der Waals surface area contributed by atoms with E-state index in [2.05, 4.69) is 5.10 Å². The van der Waals surface area contributed by atoms with Gasteiger partial charge in [0.05, 0.1) is 22.7 Å². The largest absolute Gasteiger partial charge is 0.418 e. The van der Waals surface area contributed by atoms with E-state index in [-0.39, 0.29) is 17.1 Å². The first-order valence-corrected chi connectivity index (χ1v) is 13.5. The molecule has 0 bridgehead atoms. The molecule has 0 fully saturated rings. The number of hydrogen-bond donors (Lipinski definition) is 1. The maximum Gasteiger partial charge on any atom is 0.418 e. The molecule has 0 aliphatic carbocycles. The molecular formula is C27H24F3N5O3S. The number of aromatic nitrogens is 3. The molecule has 4 aromatic rings. The van der Waals surface area contributed by atoms with Gasteiger partial charge in [-0.15, -0.1) is 5.10 Å². The Kier molecular flexibility index (Phi) is 7.92. The summed E-state index contributed by atoms with van der Waals surface area (Å²) in [6.45, 7) is 2.02. The molecule has 4 rings (SSSR count). The molecule has 1 aromatic heterocycles. The van der Waals surface area contributed by atoms with E-state index in [0.29, 0.717) is 35.4 Å². The van der Waals surface area contributed by atoms with Crippen molar-refractivity contribution in [3.05, 3.63) is 100 Å². The number of nitrogens with one attached hydrogen (secondary N) is 1. The van der Waals surface area contributed by atoms with E-state index in [0.717, 1.165) is 17.2 Å². The Labute approximate surface area is 223 Å². The molecule has 0 unspecified atom stereocenters. The Hall–Kier alpha value is -4.37. The van der Waals surface area contributed by atoms with Crippen LogP contribution in [-0.2, 0) is 29.2 Å². The highest BCUT2D eigenvalue weighted by Crippen LogP contribution is 2.33. The molecular weight excluding hydrogens is 531 g/mol. The van der Waals surface area contributed by atoms with Gasteiger partial charge in [-0.2, -0.15) is 23.1 Å². The molecule has 0 aliphatic heterocycles. The maximum absolute atomic E-state index is 13.6. The number of benzene rings is 3. The number of sulfonamides is 1. The average molecular weight is 556 g/mol. The van der Waals surface area contributed by atoms with Gasteiger partial charge in [0.1, 0.15) is 5.82 Å². The van der Waals surface area contributed by atoms with E-state index < -0.39 is 27.5 Å². The summed E-state index contributed by atoms with van der Waals surface area (Å²) in [4.78, 5) is 13.3. The predicted molar refractivity (Wildman–Crippen MR) is 138 cm³/mol. The van der Waals surface area contributed by atoms with Crippen LogP contribution < -0.4 is 10.4 Å². The van der Waals surface area contributed by atoms with Crippen molar-refractivity contribution in [2.75, 3.05) is 0 Å². The molecule has 0 saturated heterocycles. The van der Waals surface area contributed by atoms with Gasteiger partial charge in [-0.1, -0.05) is 67.9 Å². The Bertz CT molecular complexity index is 1690. The highest BCUT2D eigenvalue weighted by Gasteiger charge is 2.34. The van der Waals surface area contributed by atoms with Crippen molar-refractivity contribution in [1.82, 2.24) is 19.1 Å². The van der Waals surface area contributed by atoms with E-state index in [1.807, 2.05) is 11.6 Å². The molecule has 12 heteroatoms. The number of rotatable bonds is 9. The van der Waals surface area contributed by atoms with Gasteiger partial charge >= 0.3 is 11.9 Å². The fourth-order valence-corrected chi connectivity index (χ4v) is 5.16. The van der Waals surface area contributed by atoms with Gasteiger partial charge in [-0.05, 0) is 35.7 Å². The van der Waals surface area contributed by atoms with Crippen LogP contribution in [0.25, 0.3) is 16.8 Å². The first kappa shape index (κ1) is 27.7. The summed E-state index contributed by atoms with van der Waals surface area (Å²) in [6.07, 6.45) is -1.33. The van der Waals surface area contributed by atoms with Gasteiger partial charge in [-0.25, -0.2) is 17.9 Å². The zero-order valence-corrected chi connectivity index (χ0v) is 21.6. The van der Waals surface area contributed by atoms with Crippen LogP contribution in [0.5, 0.6) is 0 Å². The van der Waals surface area contributed by atoms with E-state index in [1.165, 1.54) is 35.0 Å². The predicted octanol–water partition coefficient (Wildman–Crippen LogP) is 4.87. The second kappa shape index (κ2) is 11.2. The van der Waals surface area contributed by atoms with Gasteiger partial charge in [0, 0.05) is 12.0 Å². The van der Waals surface area contributed by atoms with Crippen molar-refractivity contribution in [3.8, 4) is 23.0 Å². The van der Waals surface area contributed by atoms with Crippen molar-refractivity contribution in [1.29, 1.82) is 5.26 Å². The van der Waals surface area contributed by atoms with Crippen LogP contribution >= 0.6 is 0 Å². The van der Waals surface area contributed by atoms with Crippen LogP contribution in [0.3, 0.4) is 0 Å². The molecule has 39 heavy (non-hydrogen) atoms. The third-order valence-corrected chi connectivity index (χ3v) is 7.39. The summed E-state index contributed by atoms with van der Waals surface area (Å²) >= 11 is 0. The topological polar surface area (TPSA) is 110 Å². The number of nitrogens with zero attached hydrogens (tertiary/aromatic N) is 4. The summed E-state index contributed by atoms with van der Waals surface area (Å²) < 4.78 is 69.8. The molecule has 8 nitrogen and oxygen atoms in total. The Balaban J connectivity index is 1.72. The summed E-state index contributed by atoms with van der Waals surface area (Å²) in [5, 5.41) is 13.1. The zero-order valence-electron chi connectivity index (χ0n) is 20.8. The molecule has 0 atom stereocenters. The lowest BCUT2D eigenvalue weighted by molar-refractivity contribution is -0.137. The lowest BCUT2D eigenvalue weighted by Gasteiger charge is -2.11. The minimum absolute atomic E-state index is 0.0578. The summed E-state index contributed by atoms with van der Waals surface area (Å²) in [5.74, 6) is 0.363. The first-order valence-electron chi connectivity index (χ1n) is 12.0. The van der Waals surface area contributed by atoms with Crippen molar-refractivity contribution in [3.63, 3.8) is 0 Å². The summed E-state index contributed by atoms with van der Waals surface area (Å²) in [5.41, 5.74) is -0.387. The number of unbranched alkanes of at least 4 members (excludes halogenated alkanes) is 1. The summed E-state index contributed by atoms with van der Waals surface area (Å²) in [7, 11) is -4.05. The van der Waals surface area contributed by atoms with Crippen LogP contribution in [-0.4, -0.2) is 22.8 Å².